The molecule has 5 rings (SSSR count). The highest BCUT2D eigenvalue weighted by Gasteiger charge is 2.55. The summed E-state index contributed by atoms with van der Waals surface area (Å²) in [5.74, 6) is 1.50. The predicted molar refractivity (Wildman–Crippen MR) is 107 cm³/mol. The van der Waals surface area contributed by atoms with Gasteiger partial charge in [-0.25, -0.2) is 9.97 Å². The molecular weight excluding hydrogens is 354 g/mol. The average Bonchev–Trinajstić information content (AvgIpc) is 3.15. The Hall–Kier alpha value is -2.15. The number of rotatable bonds is 5. The summed E-state index contributed by atoms with van der Waals surface area (Å²) in [7, 11) is 0. The highest BCUT2D eigenvalue weighted by Crippen LogP contribution is 2.56. The van der Waals surface area contributed by atoms with Crippen LogP contribution < -0.4 is 10.2 Å². The average molecular weight is 383 g/mol. The van der Waals surface area contributed by atoms with Crippen molar-refractivity contribution >= 4 is 22.8 Å². The molecule has 1 saturated heterocycles. The molecule has 1 amide bonds. The lowest BCUT2D eigenvalue weighted by Crippen LogP contribution is -2.49. The number of carbonyl (C=O) groups excluding carboxylic acids is 1. The van der Waals surface area contributed by atoms with E-state index < -0.39 is 6.10 Å². The molecule has 1 aliphatic heterocycles. The summed E-state index contributed by atoms with van der Waals surface area (Å²) in [5.41, 5.74) is 0.921. The topological polar surface area (TPSA) is 94.1 Å². The normalized spacial score (nSPS) is 25.3. The third-order valence-corrected chi connectivity index (χ3v) is 7.20. The first-order valence-corrected chi connectivity index (χ1v) is 10.7. The first-order chi connectivity index (χ1) is 13.7. The second-order valence-corrected chi connectivity index (χ2v) is 8.92. The summed E-state index contributed by atoms with van der Waals surface area (Å²) in [6.07, 6.45) is 10.7. The highest BCUT2D eigenvalue weighted by molar-refractivity contribution is 5.87. The van der Waals surface area contributed by atoms with Gasteiger partial charge >= 0.3 is 0 Å². The van der Waals surface area contributed by atoms with Crippen LogP contribution in [0.2, 0.25) is 0 Å². The first-order valence-electron chi connectivity index (χ1n) is 10.7. The molecule has 1 unspecified atom stereocenters. The van der Waals surface area contributed by atoms with Crippen LogP contribution in [-0.2, 0) is 4.79 Å². The van der Waals surface area contributed by atoms with Gasteiger partial charge in [0.1, 0.15) is 17.8 Å². The molecule has 3 fully saturated rings. The number of aromatic amines is 1. The number of aromatic nitrogens is 3. The van der Waals surface area contributed by atoms with Crippen LogP contribution in [0, 0.1) is 17.3 Å². The summed E-state index contributed by atoms with van der Waals surface area (Å²) in [4.78, 5) is 27.2. The van der Waals surface area contributed by atoms with Crippen LogP contribution >= 0.6 is 0 Å². The molecule has 0 aromatic carbocycles. The Kier molecular flexibility index (Phi) is 4.50. The number of piperidine rings is 1. The van der Waals surface area contributed by atoms with Gasteiger partial charge in [0.05, 0.1) is 11.5 Å². The number of nitrogens with zero attached hydrogens (tertiary/aromatic N) is 3. The van der Waals surface area contributed by atoms with Gasteiger partial charge in [0.25, 0.3) is 0 Å². The molecule has 2 saturated carbocycles. The Morgan fingerprint density at radius 2 is 2.14 bits per heavy atom. The molecule has 7 nitrogen and oxygen atoms in total. The number of carbonyl (C=O) groups is 1. The predicted octanol–water partition coefficient (Wildman–Crippen LogP) is 2.23. The maximum absolute atomic E-state index is 12.9. The zero-order valence-corrected chi connectivity index (χ0v) is 16.2. The number of aliphatic hydroxyl groups excluding tert-OH is 1. The van der Waals surface area contributed by atoms with Crippen LogP contribution in [0.4, 0.5) is 5.82 Å². The number of H-pyrrole nitrogens is 1. The fourth-order valence-electron chi connectivity index (χ4n) is 5.37. The maximum atomic E-state index is 12.9. The lowest BCUT2D eigenvalue weighted by molar-refractivity contribution is -0.128. The number of nitrogens with one attached hydrogen (secondary N) is 2. The Morgan fingerprint density at radius 1 is 1.32 bits per heavy atom. The van der Waals surface area contributed by atoms with Crippen LogP contribution in [0.3, 0.4) is 0 Å². The molecule has 2 aromatic heterocycles. The monoisotopic (exact) mass is 383 g/mol. The smallest absolute Gasteiger partial charge is 0.223 e. The summed E-state index contributed by atoms with van der Waals surface area (Å²) in [6, 6.07) is 2.02. The SMILES string of the molecule is O=C(NC[C@@H](O)C1CCCC1)C1CCN(c2ncnc3[nH]ccc23)CC12CC2. The van der Waals surface area contributed by atoms with E-state index in [1.807, 2.05) is 12.3 Å². The van der Waals surface area contributed by atoms with Crippen molar-refractivity contribution in [3.63, 3.8) is 0 Å². The number of hydrogen-bond donors (Lipinski definition) is 3. The Bertz CT molecular complexity index is 855. The standard InChI is InChI=1S/C21H29N5O2/c27-17(14-3-1-2-4-14)11-23-20(28)16-6-10-26(12-21(16)7-8-21)19-15-5-9-22-18(15)24-13-25-19/h5,9,13-14,16-17,27H,1-4,6-8,10-12H2,(H,23,28)(H,22,24,25)/t16?,17-/m1/s1. The van der Waals surface area contributed by atoms with Crippen molar-refractivity contribution in [1.29, 1.82) is 0 Å². The molecule has 2 aliphatic carbocycles. The van der Waals surface area contributed by atoms with Crippen molar-refractivity contribution < 1.29 is 9.90 Å². The molecule has 3 N–H and O–H groups in total. The third-order valence-electron chi connectivity index (χ3n) is 7.20. The molecule has 7 heteroatoms. The van der Waals surface area contributed by atoms with Crippen molar-refractivity contribution in [2.45, 2.75) is 51.0 Å². The van der Waals surface area contributed by atoms with Gasteiger partial charge in [-0.1, -0.05) is 12.8 Å². The van der Waals surface area contributed by atoms with Crippen LogP contribution in [-0.4, -0.2) is 51.7 Å². The van der Waals surface area contributed by atoms with E-state index in [2.05, 4.69) is 25.2 Å². The molecular formula is C21H29N5O2. The molecule has 0 radical (unpaired) electrons. The Balaban J connectivity index is 1.24. The number of anilines is 1. The number of amides is 1. The van der Waals surface area contributed by atoms with Crippen LogP contribution in [0.5, 0.6) is 0 Å². The quantitative estimate of drug-likeness (QED) is 0.736. The summed E-state index contributed by atoms with van der Waals surface area (Å²) < 4.78 is 0. The van der Waals surface area contributed by atoms with E-state index in [0.717, 1.165) is 62.0 Å². The summed E-state index contributed by atoms with van der Waals surface area (Å²) in [6.45, 7) is 2.09. The minimum Gasteiger partial charge on any atom is -0.391 e. The van der Waals surface area contributed by atoms with Crippen LogP contribution in [0.15, 0.2) is 18.6 Å². The fourth-order valence-corrected chi connectivity index (χ4v) is 5.37. The summed E-state index contributed by atoms with van der Waals surface area (Å²) in [5, 5.41) is 14.5. The molecule has 0 bridgehead atoms. The number of hydrogen-bond acceptors (Lipinski definition) is 5. The van der Waals surface area contributed by atoms with Crippen molar-refractivity contribution in [2.24, 2.45) is 17.3 Å². The lowest BCUT2D eigenvalue weighted by Gasteiger charge is -2.39. The highest BCUT2D eigenvalue weighted by atomic mass is 16.3. The van der Waals surface area contributed by atoms with Gasteiger partial charge in [-0.15, -0.1) is 0 Å². The van der Waals surface area contributed by atoms with Gasteiger partial charge < -0.3 is 20.3 Å². The van der Waals surface area contributed by atoms with Gasteiger partial charge in [0.15, 0.2) is 0 Å². The van der Waals surface area contributed by atoms with E-state index in [1.165, 1.54) is 12.8 Å². The van der Waals surface area contributed by atoms with Gasteiger partial charge in [-0.3, -0.25) is 4.79 Å². The summed E-state index contributed by atoms with van der Waals surface area (Å²) >= 11 is 0. The van der Waals surface area contributed by atoms with Crippen LogP contribution in [0.1, 0.15) is 44.9 Å². The lowest BCUT2D eigenvalue weighted by atomic mass is 9.81. The van der Waals surface area contributed by atoms with Gasteiger partial charge in [-0.2, -0.15) is 0 Å². The molecule has 1 spiro atoms. The van der Waals surface area contributed by atoms with Gasteiger partial charge in [0, 0.05) is 31.7 Å². The molecule has 2 aromatic rings. The second kappa shape index (κ2) is 7.03. The Morgan fingerprint density at radius 3 is 2.93 bits per heavy atom. The molecule has 150 valence electrons. The third kappa shape index (κ3) is 3.15. The second-order valence-electron chi connectivity index (χ2n) is 8.92. The van der Waals surface area contributed by atoms with E-state index in [4.69, 9.17) is 0 Å². The fraction of sp³-hybridized carbons (Fsp3) is 0.667. The van der Waals surface area contributed by atoms with Gasteiger partial charge in [0.2, 0.25) is 5.91 Å². The molecule has 2 atom stereocenters. The van der Waals surface area contributed by atoms with Crippen molar-refractivity contribution in [1.82, 2.24) is 20.3 Å². The van der Waals surface area contributed by atoms with Crippen LogP contribution in [0.25, 0.3) is 11.0 Å². The zero-order valence-electron chi connectivity index (χ0n) is 16.2. The van der Waals surface area contributed by atoms with E-state index in [-0.39, 0.29) is 17.2 Å². The molecule has 28 heavy (non-hydrogen) atoms. The molecule has 3 aliphatic rings. The maximum Gasteiger partial charge on any atom is 0.223 e. The van der Waals surface area contributed by atoms with Gasteiger partial charge in [-0.05, 0) is 49.5 Å². The van der Waals surface area contributed by atoms with E-state index in [1.54, 1.807) is 6.33 Å². The Labute approximate surface area is 164 Å². The van der Waals surface area contributed by atoms with E-state index in [0.29, 0.717) is 12.5 Å². The number of aliphatic hydroxyl groups is 1. The minimum absolute atomic E-state index is 0.0445. The van der Waals surface area contributed by atoms with Crippen molar-refractivity contribution in [3.8, 4) is 0 Å². The number of fused-ring (bicyclic) bond motifs is 1. The molecule has 3 heterocycles. The van der Waals surface area contributed by atoms with E-state index >= 15 is 0 Å². The zero-order chi connectivity index (χ0) is 19.1. The first kappa shape index (κ1) is 17.9. The van der Waals surface area contributed by atoms with Crippen molar-refractivity contribution in [2.75, 3.05) is 24.5 Å². The minimum atomic E-state index is -0.399. The largest absolute Gasteiger partial charge is 0.391 e. The van der Waals surface area contributed by atoms with E-state index in [9.17, 15) is 9.90 Å². The van der Waals surface area contributed by atoms with Crippen molar-refractivity contribution in [3.05, 3.63) is 18.6 Å².